The van der Waals surface area contributed by atoms with Crippen LogP contribution in [-0.2, 0) is 6.42 Å². The number of pyridine rings is 1. The normalized spacial score (nSPS) is 12.0. The van der Waals surface area contributed by atoms with Crippen molar-refractivity contribution in [1.82, 2.24) is 4.98 Å². The maximum absolute atomic E-state index is 5.87. The summed E-state index contributed by atoms with van der Waals surface area (Å²) in [6, 6.07) is 21.7. The van der Waals surface area contributed by atoms with E-state index in [2.05, 4.69) is 81.4 Å². The number of unbranched alkanes of at least 4 members (excludes halogenated alkanes) is 4. The molecular formula is C29H37NO. The van der Waals surface area contributed by atoms with Gasteiger partial charge in [0.15, 0.2) is 0 Å². The van der Waals surface area contributed by atoms with Gasteiger partial charge >= 0.3 is 0 Å². The first kappa shape index (κ1) is 23.1. The first-order valence-electron chi connectivity index (χ1n) is 12.0. The molecule has 0 amide bonds. The van der Waals surface area contributed by atoms with Crippen molar-refractivity contribution in [1.29, 1.82) is 0 Å². The van der Waals surface area contributed by atoms with Crippen LogP contribution >= 0.6 is 0 Å². The zero-order chi connectivity index (χ0) is 21.9. The van der Waals surface area contributed by atoms with Crippen LogP contribution in [-0.4, -0.2) is 11.6 Å². The number of aryl methyl sites for hydroxylation is 1. The van der Waals surface area contributed by atoms with E-state index in [9.17, 15) is 0 Å². The summed E-state index contributed by atoms with van der Waals surface area (Å²) in [5, 5.41) is 0. The summed E-state index contributed by atoms with van der Waals surface area (Å²) in [6.07, 6.45) is 10.5. The molecule has 31 heavy (non-hydrogen) atoms. The van der Waals surface area contributed by atoms with Gasteiger partial charge in [-0.1, -0.05) is 88.9 Å². The van der Waals surface area contributed by atoms with E-state index in [0.717, 1.165) is 30.9 Å². The van der Waals surface area contributed by atoms with Gasteiger partial charge in [0, 0.05) is 17.8 Å². The standard InChI is InChI=1S/C29H37NO/c1-4-6-8-9-21-31-28-18-16-27(17-19-28)26-14-12-25(13-15-26)23(3)29-20-11-24(22-30-29)10-7-5-2/h11-20,22-23H,4-10,21H2,1-3H3. The van der Waals surface area contributed by atoms with Gasteiger partial charge in [-0.3, -0.25) is 4.98 Å². The molecule has 0 N–H and O–H groups in total. The Kier molecular flexibility index (Phi) is 9.15. The van der Waals surface area contributed by atoms with Crippen molar-refractivity contribution < 1.29 is 4.74 Å². The molecule has 2 aromatic carbocycles. The van der Waals surface area contributed by atoms with Crippen LogP contribution in [0.5, 0.6) is 5.75 Å². The molecule has 2 nitrogen and oxygen atoms in total. The average molecular weight is 416 g/mol. The highest BCUT2D eigenvalue weighted by atomic mass is 16.5. The van der Waals surface area contributed by atoms with Crippen LogP contribution in [0.15, 0.2) is 66.9 Å². The Morgan fingerprint density at radius 2 is 1.42 bits per heavy atom. The lowest BCUT2D eigenvalue weighted by molar-refractivity contribution is 0.305. The van der Waals surface area contributed by atoms with Gasteiger partial charge in [0.05, 0.1) is 6.61 Å². The highest BCUT2D eigenvalue weighted by Gasteiger charge is 2.10. The number of nitrogens with zero attached hydrogens (tertiary/aromatic N) is 1. The first-order valence-corrected chi connectivity index (χ1v) is 12.0. The van der Waals surface area contributed by atoms with Gasteiger partial charge in [-0.15, -0.1) is 0 Å². The van der Waals surface area contributed by atoms with E-state index in [-0.39, 0.29) is 5.92 Å². The van der Waals surface area contributed by atoms with Crippen molar-refractivity contribution in [3.05, 3.63) is 83.7 Å². The third kappa shape index (κ3) is 6.95. The molecule has 0 aliphatic heterocycles. The zero-order valence-corrected chi connectivity index (χ0v) is 19.4. The Labute approximate surface area is 188 Å². The molecule has 0 aliphatic rings. The summed E-state index contributed by atoms with van der Waals surface area (Å²) in [5.41, 5.74) is 6.21. The molecule has 0 radical (unpaired) electrons. The second-order valence-electron chi connectivity index (χ2n) is 8.47. The van der Waals surface area contributed by atoms with E-state index in [1.807, 2.05) is 6.20 Å². The first-order chi connectivity index (χ1) is 15.2. The minimum absolute atomic E-state index is 0.290. The smallest absolute Gasteiger partial charge is 0.119 e. The number of rotatable bonds is 12. The molecule has 3 rings (SSSR count). The number of aromatic nitrogens is 1. The lowest BCUT2D eigenvalue weighted by atomic mass is 9.94. The van der Waals surface area contributed by atoms with Crippen LogP contribution in [0.2, 0.25) is 0 Å². The number of ether oxygens (including phenoxy) is 1. The van der Waals surface area contributed by atoms with E-state index >= 15 is 0 Å². The van der Waals surface area contributed by atoms with Crippen molar-refractivity contribution in [2.45, 2.75) is 71.6 Å². The van der Waals surface area contributed by atoms with Crippen LogP contribution in [0.1, 0.15) is 82.0 Å². The van der Waals surface area contributed by atoms with Crippen molar-refractivity contribution in [3.8, 4) is 16.9 Å². The van der Waals surface area contributed by atoms with Crippen molar-refractivity contribution in [3.63, 3.8) is 0 Å². The maximum Gasteiger partial charge on any atom is 0.119 e. The molecule has 0 spiro atoms. The van der Waals surface area contributed by atoms with Crippen LogP contribution in [0.25, 0.3) is 11.1 Å². The molecule has 0 aliphatic carbocycles. The molecule has 0 saturated carbocycles. The quantitative estimate of drug-likeness (QED) is 0.278. The van der Waals surface area contributed by atoms with Crippen LogP contribution < -0.4 is 4.74 Å². The fourth-order valence-electron chi connectivity index (χ4n) is 3.82. The molecule has 3 aromatic rings. The lowest BCUT2D eigenvalue weighted by Crippen LogP contribution is -2.00. The van der Waals surface area contributed by atoms with E-state index in [4.69, 9.17) is 9.72 Å². The van der Waals surface area contributed by atoms with Crippen LogP contribution in [0.3, 0.4) is 0 Å². The van der Waals surface area contributed by atoms with E-state index in [1.54, 1.807) is 0 Å². The molecule has 0 fully saturated rings. The lowest BCUT2D eigenvalue weighted by Gasteiger charge is -2.13. The topological polar surface area (TPSA) is 22.1 Å². The van der Waals surface area contributed by atoms with Gasteiger partial charge in [0.1, 0.15) is 5.75 Å². The molecule has 1 unspecified atom stereocenters. The van der Waals surface area contributed by atoms with E-state index in [0.29, 0.717) is 0 Å². The fraction of sp³-hybridized carbons (Fsp3) is 0.414. The number of benzene rings is 2. The highest BCUT2D eigenvalue weighted by Crippen LogP contribution is 2.27. The van der Waals surface area contributed by atoms with Crippen LogP contribution in [0, 0.1) is 0 Å². The Morgan fingerprint density at radius 1 is 0.742 bits per heavy atom. The summed E-state index contributed by atoms with van der Waals surface area (Å²) in [4.78, 5) is 4.73. The molecule has 1 aromatic heterocycles. The summed E-state index contributed by atoms with van der Waals surface area (Å²) in [6.45, 7) is 7.50. The van der Waals surface area contributed by atoms with Gasteiger partial charge in [-0.05, 0) is 59.7 Å². The second-order valence-corrected chi connectivity index (χ2v) is 8.47. The summed E-state index contributed by atoms with van der Waals surface area (Å²) >= 11 is 0. The van der Waals surface area contributed by atoms with Gasteiger partial charge < -0.3 is 4.74 Å². The van der Waals surface area contributed by atoms with E-state index < -0.39 is 0 Å². The Hall–Kier alpha value is -2.61. The molecular weight excluding hydrogens is 378 g/mol. The van der Waals surface area contributed by atoms with Crippen molar-refractivity contribution in [2.75, 3.05) is 6.61 Å². The Morgan fingerprint density at radius 3 is 2.03 bits per heavy atom. The second kappa shape index (κ2) is 12.3. The zero-order valence-electron chi connectivity index (χ0n) is 19.4. The number of hydrogen-bond donors (Lipinski definition) is 0. The predicted octanol–water partition coefficient (Wildman–Crippen LogP) is 8.20. The largest absolute Gasteiger partial charge is 0.494 e. The monoisotopic (exact) mass is 415 g/mol. The Balaban J connectivity index is 1.58. The Bertz CT molecular complexity index is 882. The van der Waals surface area contributed by atoms with E-state index in [1.165, 1.54) is 54.4 Å². The molecule has 0 saturated heterocycles. The third-order valence-corrected chi connectivity index (χ3v) is 5.98. The minimum Gasteiger partial charge on any atom is -0.494 e. The van der Waals surface area contributed by atoms with Gasteiger partial charge in [-0.25, -0.2) is 0 Å². The maximum atomic E-state index is 5.87. The summed E-state index contributed by atoms with van der Waals surface area (Å²) < 4.78 is 5.87. The number of hydrogen-bond acceptors (Lipinski definition) is 2. The van der Waals surface area contributed by atoms with Crippen LogP contribution in [0.4, 0.5) is 0 Å². The highest BCUT2D eigenvalue weighted by molar-refractivity contribution is 5.64. The average Bonchev–Trinajstić information content (AvgIpc) is 2.83. The summed E-state index contributed by atoms with van der Waals surface area (Å²) in [7, 11) is 0. The molecule has 2 heteroatoms. The molecule has 1 atom stereocenters. The van der Waals surface area contributed by atoms with Gasteiger partial charge in [0.25, 0.3) is 0 Å². The minimum atomic E-state index is 0.290. The van der Waals surface area contributed by atoms with Gasteiger partial charge in [0.2, 0.25) is 0 Å². The third-order valence-electron chi connectivity index (χ3n) is 5.98. The SMILES string of the molecule is CCCCCCOc1ccc(-c2ccc(C(C)c3ccc(CCCC)cn3)cc2)cc1. The predicted molar refractivity (Wildman–Crippen MR) is 132 cm³/mol. The van der Waals surface area contributed by atoms with Gasteiger partial charge in [-0.2, -0.15) is 0 Å². The van der Waals surface area contributed by atoms with Crippen molar-refractivity contribution in [2.24, 2.45) is 0 Å². The fourth-order valence-corrected chi connectivity index (χ4v) is 3.82. The molecule has 0 bridgehead atoms. The van der Waals surface area contributed by atoms with Crippen molar-refractivity contribution >= 4 is 0 Å². The molecule has 1 heterocycles. The molecule has 164 valence electrons. The summed E-state index contributed by atoms with van der Waals surface area (Å²) in [5.74, 6) is 1.25.